The largest absolute Gasteiger partial charge is 0.497 e. The van der Waals surface area contributed by atoms with Crippen molar-refractivity contribution in [1.29, 1.82) is 0 Å². The molecule has 2 N–H and O–H groups in total. The lowest BCUT2D eigenvalue weighted by atomic mass is 10.2. The number of benzene rings is 2. The molecular weight excluding hydrogens is 426 g/mol. The predicted molar refractivity (Wildman–Crippen MR) is 116 cm³/mol. The highest BCUT2D eigenvalue weighted by Crippen LogP contribution is 2.22. The molecule has 30 heavy (non-hydrogen) atoms. The fraction of sp³-hybridized carbons (Fsp3) is 0.200. The Morgan fingerprint density at radius 2 is 1.60 bits per heavy atom. The Labute approximate surface area is 178 Å². The van der Waals surface area contributed by atoms with E-state index in [1.807, 2.05) is 0 Å². The van der Waals surface area contributed by atoms with Crippen molar-refractivity contribution in [2.24, 2.45) is 0 Å². The summed E-state index contributed by atoms with van der Waals surface area (Å²) in [6.45, 7) is 0. The van der Waals surface area contributed by atoms with Crippen LogP contribution in [0, 0.1) is 0 Å². The zero-order chi connectivity index (χ0) is 21.6. The monoisotopic (exact) mass is 447 g/mol. The molecular formula is C20H21N3O5S2. The Kier molecular flexibility index (Phi) is 6.91. The highest BCUT2D eigenvalue weighted by Gasteiger charge is 2.16. The van der Waals surface area contributed by atoms with E-state index in [1.54, 1.807) is 48.9 Å². The van der Waals surface area contributed by atoms with Gasteiger partial charge in [0.2, 0.25) is 5.91 Å². The lowest BCUT2D eigenvalue weighted by Crippen LogP contribution is -2.13. The molecule has 0 unspecified atom stereocenters. The second-order valence-electron chi connectivity index (χ2n) is 6.20. The molecule has 0 aliphatic heterocycles. The summed E-state index contributed by atoms with van der Waals surface area (Å²) in [6.07, 6.45) is 0.614. The number of aryl methyl sites for hydroxylation is 1. The van der Waals surface area contributed by atoms with Crippen LogP contribution in [0.1, 0.15) is 12.1 Å². The minimum atomic E-state index is -3.75. The number of hydrogen-bond acceptors (Lipinski definition) is 7. The number of aromatic nitrogens is 1. The Balaban J connectivity index is 1.54. The molecule has 1 aromatic heterocycles. The van der Waals surface area contributed by atoms with Gasteiger partial charge in [-0.05, 0) is 55.0 Å². The van der Waals surface area contributed by atoms with Gasteiger partial charge in [-0.25, -0.2) is 13.4 Å². The summed E-state index contributed by atoms with van der Waals surface area (Å²) in [5.74, 6) is 1.12. The van der Waals surface area contributed by atoms with Crippen molar-refractivity contribution in [2.75, 3.05) is 24.3 Å². The van der Waals surface area contributed by atoms with Gasteiger partial charge in [-0.1, -0.05) is 0 Å². The fourth-order valence-corrected chi connectivity index (χ4v) is 4.53. The maximum absolute atomic E-state index is 12.5. The summed E-state index contributed by atoms with van der Waals surface area (Å²) in [5, 5.41) is 4.77. The first-order valence-electron chi connectivity index (χ1n) is 8.95. The van der Waals surface area contributed by atoms with Gasteiger partial charge in [-0.2, -0.15) is 0 Å². The Morgan fingerprint density at radius 1 is 1.00 bits per heavy atom. The predicted octanol–water partition coefficient (Wildman–Crippen LogP) is 3.53. The summed E-state index contributed by atoms with van der Waals surface area (Å²) in [6, 6.07) is 13.1. The fourth-order valence-electron chi connectivity index (χ4n) is 2.54. The number of amides is 1. The number of nitrogens with zero attached hydrogens (tertiary/aromatic N) is 1. The smallest absolute Gasteiger partial charge is 0.263 e. The van der Waals surface area contributed by atoms with Crippen LogP contribution < -0.4 is 19.5 Å². The second-order valence-corrected chi connectivity index (χ2v) is 8.74. The van der Waals surface area contributed by atoms with Crippen molar-refractivity contribution in [3.8, 4) is 11.5 Å². The van der Waals surface area contributed by atoms with Crippen LogP contribution in [0.4, 0.5) is 10.8 Å². The first kappa shape index (κ1) is 21.6. The van der Waals surface area contributed by atoms with Gasteiger partial charge in [0.25, 0.3) is 10.0 Å². The van der Waals surface area contributed by atoms with E-state index in [9.17, 15) is 13.2 Å². The van der Waals surface area contributed by atoms with Crippen LogP contribution in [-0.4, -0.2) is 33.5 Å². The summed E-state index contributed by atoms with van der Waals surface area (Å²) in [5.41, 5.74) is 1.31. The second kappa shape index (κ2) is 9.59. The molecule has 8 nitrogen and oxygen atoms in total. The molecule has 0 atom stereocenters. The number of sulfonamides is 1. The van der Waals surface area contributed by atoms with E-state index in [0.29, 0.717) is 29.3 Å². The van der Waals surface area contributed by atoms with Crippen LogP contribution in [0.2, 0.25) is 0 Å². The minimum Gasteiger partial charge on any atom is -0.497 e. The van der Waals surface area contributed by atoms with Crippen LogP contribution in [0.3, 0.4) is 0 Å². The number of thiazole rings is 1. The lowest BCUT2D eigenvalue weighted by Gasteiger charge is -2.06. The van der Waals surface area contributed by atoms with Crippen molar-refractivity contribution in [3.63, 3.8) is 0 Å². The first-order chi connectivity index (χ1) is 14.4. The Morgan fingerprint density at radius 3 is 2.20 bits per heavy atom. The Hall–Kier alpha value is -3.11. The number of hydrogen-bond donors (Lipinski definition) is 2. The van der Waals surface area contributed by atoms with Crippen LogP contribution >= 0.6 is 11.3 Å². The third kappa shape index (κ3) is 5.71. The average molecular weight is 448 g/mol. The number of carbonyl (C=O) groups is 1. The van der Waals surface area contributed by atoms with Gasteiger partial charge in [-0.15, -0.1) is 11.3 Å². The maximum Gasteiger partial charge on any atom is 0.263 e. The molecule has 0 saturated carbocycles. The molecule has 1 heterocycles. The Bertz CT molecular complexity index is 1090. The zero-order valence-electron chi connectivity index (χ0n) is 16.4. The van der Waals surface area contributed by atoms with Gasteiger partial charge in [0.15, 0.2) is 5.13 Å². The SMILES string of the molecule is COc1ccc(NC(=O)CCc2csc(NS(=O)(=O)c3ccc(OC)cc3)n2)cc1. The first-order valence-corrected chi connectivity index (χ1v) is 11.3. The standard InChI is InChI=1S/C20H21N3O5S2/c1-27-16-6-3-14(4-7-16)21-19(24)12-5-15-13-29-20(22-15)23-30(25,26)18-10-8-17(28-2)9-11-18/h3-4,6-11,13H,5,12H2,1-2H3,(H,21,24)(H,22,23). The molecule has 0 aliphatic rings. The van der Waals surface area contributed by atoms with Crippen molar-refractivity contribution < 1.29 is 22.7 Å². The van der Waals surface area contributed by atoms with Crippen LogP contribution in [0.15, 0.2) is 58.8 Å². The molecule has 0 spiro atoms. The molecule has 2 aromatic carbocycles. The summed E-state index contributed by atoms with van der Waals surface area (Å²) < 4.78 is 37.5. The van der Waals surface area contributed by atoms with Crippen molar-refractivity contribution >= 4 is 38.1 Å². The number of ether oxygens (including phenoxy) is 2. The third-order valence-corrected chi connectivity index (χ3v) is 6.42. The summed E-state index contributed by atoms with van der Waals surface area (Å²) >= 11 is 1.17. The highest BCUT2D eigenvalue weighted by molar-refractivity contribution is 7.93. The van der Waals surface area contributed by atoms with Gasteiger partial charge in [0.1, 0.15) is 11.5 Å². The molecule has 0 aliphatic carbocycles. The zero-order valence-corrected chi connectivity index (χ0v) is 18.0. The molecule has 10 heteroatoms. The topological polar surface area (TPSA) is 107 Å². The van der Waals surface area contributed by atoms with Gasteiger partial charge in [0.05, 0.1) is 24.8 Å². The number of carbonyl (C=O) groups excluding carboxylic acids is 1. The van der Waals surface area contributed by atoms with E-state index < -0.39 is 10.0 Å². The van der Waals surface area contributed by atoms with Gasteiger partial charge in [-0.3, -0.25) is 9.52 Å². The minimum absolute atomic E-state index is 0.110. The van der Waals surface area contributed by atoms with E-state index in [0.717, 1.165) is 0 Å². The van der Waals surface area contributed by atoms with Gasteiger partial charge < -0.3 is 14.8 Å². The van der Waals surface area contributed by atoms with Crippen molar-refractivity contribution in [1.82, 2.24) is 4.98 Å². The number of anilines is 2. The van der Waals surface area contributed by atoms with E-state index in [2.05, 4.69) is 15.0 Å². The van der Waals surface area contributed by atoms with Gasteiger partial charge >= 0.3 is 0 Å². The highest BCUT2D eigenvalue weighted by atomic mass is 32.2. The third-order valence-electron chi connectivity index (χ3n) is 4.13. The quantitative estimate of drug-likeness (QED) is 0.520. The summed E-state index contributed by atoms with van der Waals surface area (Å²) in [4.78, 5) is 16.5. The number of methoxy groups -OCH3 is 2. The van der Waals surface area contributed by atoms with E-state index >= 15 is 0 Å². The number of nitrogens with one attached hydrogen (secondary N) is 2. The molecule has 1 amide bonds. The van der Waals surface area contributed by atoms with E-state index in [1.165, 1.54) is 30.6 Å². The van der Waals surface area contributed by atoms with Crippen LogP contribution in [-0.2, 0) is 21.2 Å². The molecule has 0 radical (unpaired) electrons. The normalized spacial score (nSPS) is 11.0. The molecule has 0 saturated heterocycles. The van der Waals surface area contributed by atoms with Crippen molar-refractivity contribution in [3.05, 3.63) is 59.6 Å². The molecule has 158 valence electrons. The summed E-state index contributed by atoms with van der Waals surface area (Å²) in [7, 11) is -0.664. The number of rotatable bonds is 9. The molecule has 0 bridgehead atoms. The molecule has 0 fully saturated rings. The molecule has 3 aromatic rings. The molecule has 3 rings (SSSR count). The van der Waals surface area contributed by atoms with E-state index in [4.69, 9.17) is 9.47 Å². The van der Waals surface area contributed by atoms with Gasteiger partial charge in [0, 0.05) is 17.5 Å². The van der Waals surface area contributed by atoms with Crippen LogP contribution in [0.25, 0.3) is 0 Å². The lowest BCUT2D eigenvalue weighted by molar-refractivity contribution is -0.116. The van der Waals surface area contributed by atoms with Crippen LogP contribution in [0.5, 0.6) is 11.5 Å². The van der Waals surface area contributed by atoms with Crippen molar-refractivity contribution in [2.45, 2.75) is 17.7 Å². The average Bonchev–Trinajstić information content (AvgIpc) is 3.19. The van der Waals surface area contributed by atoms with E-state index in [-0.39, 0.29) is 22.4 Å². The maximum atomic E-state index is 12.5.